The van der Waals surface area contributed by atoms with Crippen molar-refractivity contribution >= 4 is 32.9 Å². The van der Waals surface area contributed by atoms with Crippen molar-refractivity contribution in [1.29, 1.82) is 0 Å². The number of methoxy groups -OCH3 is 2. The topological polar surface area (TPSA) is 102 Å². The Labute approximate surface area is 134 Å². The molecule has 2 heterocycles. The highest BCUT2D eigenvalue weighted by Gasteiger charge is 2.21. The molecular weight excluding hydrogens is 316 g/mol. The molecule has 0 aliphatic rings. The minimum absolute atomic E-state index is 0.0997. The predicted molar refractivity (Wildman–Crippen MR) is 86.2 cm³/mol. The van der Waals surface area contributed by atoms with Gasteiger partial charge < -0.3 is 28.5 Å². The number of furan rings is 1. The molecule has 2 aromatic carbocycles. The SMILES string of the molecule is COc1cc2c(cc1O)oc1c3c(OC)cc(O)cc3oc(=O)c21. The van der Waals surface area contributed by atoms with Crippen molar-refractivity contribution in [3.8, 4) is 23.0 Å². The molecule has 0 amide bonds. The highest BCUT2D eigenvalue weighted by atomic mass is 16.5. The van der Waals surface area contributed by atoms with Crippen LogP contribution in [-0.4, -0.2) is 24.4 Å². The Morgan fingerprint density at radius 1 is 0.875 bits per heavy atom. The van der Waals surface area contributed by atoms with Crippen molar-refractivity contribution in [3.05, 3.63) is 34.7 Å². The summed E-state index contributed by atoms with van der Waals surface area (Å²) in [6, 6.07) is 5.58. The standard InChI is InChI=1S/C17H12O7/c1-21-11-5-8-10(6-9(11)19)23-16-14(8)17(20)24-13-4-7(18)3-12(22-2)15(13)16/h3-6,18-19H,1-2H3. The molecule has 0 fully saturated rings. The number of aromatic hydroxyl groups is 2. The second kappa shape index (κ2) is 4.82. The van der Waals surface area contributed by atoms with Gasteiger partial charge >= 0.3 is 5.63 Å². The summed E-state index contributed by atoms with van der Waals surface area (Å²) in [4.78, 5) is 12.4. The average Bonchev–Trinajstić information content (AvgIpc) is 2.91. The molecule has 0 aliphatic heterocycles. The number of rotatable bonds is 2. The summed E-state index contributed by atoms with van der Waals surface area (Å²) >= 11 is 0. The van der Waals surface area contributed by atoms with E-state index in [1.54, 1.807) is 0 Å². The summed E-state index contributed by atoms with van der Waals surface area (Å²) in [5.74, 6) is 0.302. The summed E-state index contributed by atoms with van der Waals surface area (Å²) in [5.41, 5.74) is 0.0650. The molecule has 122 valence electrons. The fourth-order valence-electron chi connectivity index (χ4n) is 2.85. The number of phenols is 2. The predicted octanol–water partition coefficient (Wildman–Crippen LogP) is 3.12. The number of benzene rings is 2. The number of ether oxygens (including phenoxy) is 2. The van der Waals surface area contributed by atoms with Crippen LogP contribution in [0.5, 0.6) is 23.0 Å². The van der Waals surface area contributed by atoms with Gasteiger partial charge in [-0.3, -0.25) is 0 Å². The van der Waals surface area contributed by atoms with E-state index in [-0.39, 0.29) is 33.8 Å². The van der Waals surface area contributed by atoms with Crippen molar-refractivity contribution in [2.24, 2.45) is 0 Å². The van der Waals surface area contributed by atoms with Crippen LogP contribution in [0, 0.1) is 0 Å². The molecule has 0 unspecified atom stereocenters. The normalized spacial score (nSPS) is 11.4. The first-order valence-electron chi connectivity index (χ1n) is 7.00. The Morgan fingerprint density at radius 2 is 1.62 bits per heavy atom. The van der Waals surface area contributed by atoms with Crippen LogP contribution >= 0.6 is 0 Å². The Bertz CT molecular complexity index is 1170. The lowest BCUT2D eigenvalue weighted by Crippen LogP contribution is -1.99. The van der Waals surface area contributed by atoms with E-state index in [1.807, 2.05) is 0 Å². The van der Waals surface area contributed by atoms with Crippen LogP contribution in [0.4, 0.5) is 0 Å². The lowest BCUT2D eigenvalue weighted by atomic mass is 10.1. The van der Waals surface area contributed by atoms with E-state index in [0.717, 1.165) is 0 Å². The van der Waals surface area contributed by atoms with Crippen molar-refractivity contribution in [2.45, 2.75) is 0 Å². The van der Waals surface area contributed by atoms with Gasteiger partial charge in [-0.25, -0.2) is 4.79 Å². The first-order chi connectivity index (χ1) is 11.5. The van der Waals surface area contributed by atoms with Crippen LogP contribution in [0.2, 0.25) is 0 Å². The highest BCUT2D eigenvalue weighted by molar-refractivity contribution is 6.15. The molecule has 2 aromatic heterocycles. The number of fused-ring (bicyclic) bond motifs is 5. The van der Waals surface area contributed by atoms with Gasteiger partial charge in [-0.1, -0.05) is 0 Å². The molecule has 2 N–H and O–H groups in total. The van der Waals surface area contributed by atoms with Crippen molar-refractivity contribution < 1.29 is 28.5 Å². The number of phenolic OH excluding ortho intramolecular Hbond substituents is 2. The third-order valence-electron chi connectivity index (χ3n) is 3.89. The molecule has 4 rings (SSSR count). The monoisotopic (exact) mass is 328 g/mol. The van der Waals surface area contributed by atoms with Gasteiger partial charge in [0.25, 0.3) is 0 Å². The van der Waals surface area contributed by atoms with Crippen LogP contribution in [0.25, 0.3) is 32.9 Å². The summed E-state index contributed by atoms with van der Waals surface area (Å²) in [7, 11) is 2.84. The molecule has 24 heavy (non-hydrogen) atoms. The van der Waals surface area contributed by atoms with Gasteiger partial charge in [-0.2, -0.15) is 0 Å². The van der Waals surface area contributed by atoms with E-state index in [2.05, 4.69) is 0 Å². The zero-order valence-electron chi connectivity index (χ0n) is 12.7. The summed E-state index contributed by atoms with van der Waals surface area (Å²) in [5, 5.41) is 20.7. The molecule has 0 bridgehead atoms. The maximum atomic E-state index is 12.4. The van der Waals surface area contributed by atoms with Crippen LogP contribution in [0.1, 0.15) is 0 Å². The summed E-state index contributed by atoms with van der Waals surface area (Å²) in [6.45, 7) is 0. The van der Waals surface area contributed by atoms with E-state index >= 15 is 0 Å². The van der Waals surface area contributed by atoms with Gasteiger partial charge in [-0.15, -0.1) is 0 Å². The third kappa shape index (κ3) is 1.81. The van der Waals surface area contributed by atoms with Crippen molar-refractivity contribution in [3.63, 3.8) is 0 Å². The van der Waals surface area contributed by atoms with Gasteiger partial charge in [-0.05, 0) is 6.07 Å². The van der Waals surface area contributed by atoms with Gasteiger partial charge in [0, 0.05) is 23.6 Å². The van der Waals surface area contributed by atoms with E-state index in [9.17, 15) is 15.0 Å². The van der Waals surface area contributed by atoms with E-state index in [1.165, 1.54) is 38.5 Å². The average molecular weight is 328 g/mol. The maximum Gasteiger partial charge on any atom is 0.348 e. The Hall–Kier alpha value is -3.35. The second-order valence-corrected chi connectivity index (χ2v) is 5.24. The Morgan fingerprint density at radius 3 is 2.33 bits per heavy atom. The minimum Gasteiger partial charge on any atom is -0.508 e. The van der Waals surface area contributed by atoms with E-state index in [4.69, 9.17) is 18.3 Å². The Balaban J connectivity index is 2.28. The zero-order chi connectivity index (χ0) is 17.0. The zero-order valence-corrected chi connectivity index (χ0v) is 12.7. The lowest BCUT2D eigenvalue weighted by molar-refractivity contribution is 0.374. The smallest absolute Gasteiger partial charge is 0.348 e. The molecule has 4 aromatic rings. The second-order valence-electron chi connectivity index (χ2n) is 5.24. The largest absolute Gasteiger partial charge is 0.508 e. The van der Waals surface area contributed by atoms with Gasteiger partial charge in [0.15, 0.2) is 17.1 Å². The van der Waals surface area contributed by atoms with Crippen molar-refractivity contribution in [1.82, 2.24) is 0 Å². The molecule has 0 saturated heterocycles. The minimum atomic E-state index is -0.628. The van der Waals surface area contributed by atoms with Crippen molar-refractivity contribution in [2.75, 3.05) is 14.2 Å². The fraction of sp³-hybridized carbons (Fsp3) is 0.118. The molecule has 0 saturated carbocycles. The van der Waals surface area contributed by atoms with Gasteiger partial charge in [0.05, 0.1) is 14.2 Å². The van der Waals surface area contributed by atoms with Gasteiger partial charge in [0.2, 0.25) is 0 Å². The quantitative estimate of drug-likeness (QED) is 0.545. The highest BCUT2D eigenvalue weighted by Crippen LogP contribution is 2.41. The molecule has 0 radical (unpaired) electrons. The first kappa shape index (κ1) is 14.3. The van der Waals surface area contributed by atoms with Crippen LogP contribution < -0.4 is 15.1 Å². The van der Waals surface area contributed by atoms with E-state index < -0.39 is 5.63 Å². The third-order valence-corrected chi connectivity index (χ3v) is 3.89. The van der Waals surface area contributed by atoms with Gasteiger partial charge in [0.1, 0.15) is 33.4 Å². The number of hydrogen-bond donors (Lipinski definition) is 2. The fourth-order valence-corrected chi connectivity index (χ4v) is 2.85. The van der Waals surface area contributed by atoms with Crippen LogP contribution in [0.15, 0.2) is 37.9 Å². The Kier molecular flexibility index (Phi) is 2.86. The molecule has 7 heteroatoms. The molecule has 7 nitrogen and oxygen atoms in total. The summed E-state index contributed by atoms with van der Waals surface area (Å²) in [6.07, 6.45) is 0. The van der Waals surface area contributed by atoms with Crippen LogP contribution in [0.3, 0.4) is 0 Å². The first-order valence-corrected chi connectivity index (χ1v) is 7.00. The molecule has 0 spiro atoms. The maximum absolute atomic E-state index is 12.4. The van der Waals surface area contributed by atoms with E-state index in [0.29, 0.717) is 22.1 Å². The molecular formula is C17H12O7. The lowest BCUT2D eigenvalue weighted by Gasteiger charge is -2.05. The summed E-state index contributed by atoms with van der Waals surface area (Å²) < 4.78 is 21.4. The van der Waals surface area contributed by atoms with Crippen LogP contribution in [-0.2, 0) is 0 Å². The molecule has 0 aliphatic carbocycles. The molecule has 0 atom stereocenters. The number of hydrogen-bond acceptors (Lipinski definition) is 7.